The van der Waals surface area contributed by atoms with Gasteiger partial charge in [-0.3, -0.25) is 9.69 Å². The summed E-state index contributed by atoms with van der Waals surface area (Å²) in [5, 5.41) is 13.7. The quantitative estimate of drug-likeness (QED) is 0.476. The molecular formula is C19H20N2O2. The first-order valence-electron chi connectivity index (χ1n) is 8.39. The molecule has 4 heteroatoms. The van der Waals surface area contributed by atoms with Crippen molar-refractivity contribution in [1.29, 1.82) is 0 Å². The van der Waals surface area contributed by atoms with Crippen molar-refractivity contribution >= 4 is 12.0 Å². The van der Waals surface area contributed by atoms with Crippen molar-refractivity contribution in [3.05, 3.63) is 46.7 Å². The number of carbonyl (C=O) groups excluding carboxylic acids is 1. The maximum atomic E-state index is 12.0. The Morgan fingerprint density at radius 1 is 1.43 bits per heavy atom. The average molecular weight is 308 g/mol. The number of phenols is 1. The molecule has 1 aromatic rings. The summed E-state index contributed by atoms with van der Waals surface area (Å²) in [6.07, 6.45) is 5.24. The normalized spacial score (nSPS) is 36.0. The molecule has 2 N–H and O–H groups in total. The first-order valence-corrected chi connectivity index (χ1v) is 8.39. The number of nitrogens with zero attached hydrogens (tertiary/aromatic N) is 1. The lowest BCUT2D eigenvalue weighted by Crippen LogP contribution is -2.52. The van der Waals surface area contributed by atoms with E-state index >= 15 is 0 Å². The number of fused-ring (bicyclic) bond motifs is 2. The average Bonchev–Trinajstić information content (AvgIpc) is 3.12. The SMILES string of the molecule is CC=C1CN2CCC34C(=C(C=O)C1CC23)Nc1c(O)cccc14. The number of rotatable bonds is 1. The third-order valence-corrected chi connectivity index (χ3v) is 6.48. The molecule has 1 aromatic carbocycles. The number of anilines is 1. The van der Waals surface area contributed by atoms with Gasteiger partial charge in [-0.05, 0) is 31.4 Å². The number of piperidine rings is 1. The second-order valence-electron chi connectivity index (χ2n) is 7.13. The number of carbonyl (C=O) groups is 1. The molecule has 118 valence electrons. The minimum absolute atomic E-state index is 0.139. The van der Waals surface area contributed by atoms with Crippen LogP contribution in [0.3, 0.4) is 0 Å². The van der Waals surface area contributed by atoms with Gasteiger partial charge in [0.1, 0.15) is 12.0 Å². The first kappa shape index (κ1) is 13.4. The van der Waals surface area contributed by atoms with Crippen LogP contribution >= 0.6 is 0 Å². The molecule has 3 aliphatic heterocycles. The molecule has 1 aliphatic carbocycles. The Bertz CT molecular complexity index is 795. The number of hydrogen-bond donors (Lipinski definition) is 2. The minimum Gasteiger partial charge on any atom is -0.506 e. The van der Waals surface area contributed by atoms with E-state index in [-0.39, 0.29) is 17.1 Å². The predicted octanol–water partition coefficient (Wildman–Crippen LogP) is 2.56. The fourth-order valence-electron chi connectivity index (χ4n) is 5.50. The number of hydrogen-bond acceptors (Lipinski definition) is 4. The fraction of sp³-hybridized carbons (Fsp3) is 0.421. The molecule has 3 unspecified atom stereocenters. The number of benzene rings is 1. The molecule has 23 heavy (non-hydrogen) atoms. The first-order chi connectivity index (χ1) is 11.2. The van der Waals surface area contributed by atoms with Crippen molar-refractivity contribution < 1.29 is 9.90 Å². The van der Waals surface area contributed by atoms with Gasteiger partial charge >= 0.3 is 0 Å². The van der Waals surface area contributed by atoms with Crippen LogP contribution in [0.2, 0.25) is 0 Å². The molecule has 2 bridgehead atoms. The van der Waals surface area contributed by atoms with Crippen molar-refractivity contribution in [2.24, 2.45) is 5.92 Å². The number of phenolic OH excluding ortho intramolecular Hbond substituents is 1. The van der Waals surface area contributed by atoms with E-state index in [1.807, 2.05) is 6.07 Å². The largest absolute Gasteiger partial charge is 0.506 e. The molecule has 4 aliphatic rings. The Balaban J connectivity index is 1.84. The van der Waals surface area contributed by atoms with Gasteiger partial charge in [0.2, 0.25) is 0 Å². The highest BCUT2D eigenvalue weighted by molar-refractivity contribution is 5.86. The lowest BCUT2D eigenvalue weighted by atomic mass is 9.62. The zero-order valence-corrected chi connectivity index (χ0v) is 13.2. The van der Waals surface area contributed by atoms with Gasteiger partial charge in [-0.15, -0.1) is 0 Å². The van der Waals surface area contributed by atoms with Crippen LogP contribution in [-0.2, 0) is 10.2 Å². The van der Waals surface area contributed by atoms with Crippen LogP contribution in [0.15, 0.2) is 41.1 Å². The number of aldehydes is 1. The second-order valence-corrected chi connectivity index (χ2v) is 7.13. The molecule has 1 spiro atoms. The Labute approximate surface area is 135 Å². The predicted molar refractivity (Wildman–Crippen MR) is 88.3 cm³/mol. The van der Waals surface area contributed by atoms with Gasteiger partial charge in [-0.25, -0.2) is 0 Å². The molecule has 4 nitrogen and oxygen atoms in total. The number of para-hydroxylation sites is 1. The topological polar surface area (TPSA) is 52.6 Å². The molecule has 3 atom stereocenters. The Morgan fingerprint density at radius 3 is 3.09 bits per heavy atom. The number of nitrogens with one attached hydrogen (secondary N) is 1. The highest BCUT2D eigenvalue weighted by Gasteiger charge is 2.61. The van der Waals surface area contributed by atoms with Crippen molar-refractivity contribution in [3.8, 4) is 5.75 Å². The molecule has 2 fully saturated rings. The van der Waals surface area contributed by atoms with Crippen LogP contribution in [0.25, 0.3) is 0 Å². The Kier molecular flexibility index (Phi) is 2.48. The molecule has 2 saturated heterocycles. The van der Waals surface area contributed by atoms with Crippen LogP contribution in [0.1, 0.15) is 25.3 Å². The third-order valence-electron chi connectivity index (χ3n) is 6.48. The van der Waals surface area contributed by atoms with E-state index < -0.39 is 0 Å². The molecule has 0 aromatic heterocycles. The summed E-state index contributed by atoms with van der Waals surface area (Å²) in [4.78, 5) is 14.5. The van der Waals surface area contributed by atoms with Gasteiger partial charge < -0.3 is 10.4 Å². The van der Waals surface area contributed by atoms with Crippen LogP contribution in [-0.4, -0.2) is 35.4 Å². The van der Waals surface area contributed by atoms with Gasteiger partial charge in [-0.1, -0.05) is 23.8 Å². The number of aromatic hydroxyl groups is 1. The van der Waals surface area contributed by atoms with Crippen LogP contribution < -0.4 is 5.32 Å². The van der Waals surface area contributed by atoms with E-state index in [0.29, 0.717) is 6.04 Å². The molecule has 0 radical (unpaired) electrons. The van der Waals surface area contributed by atoms with E-state index in [1.54, 1.807) is 6.07 Å². The number of allylic oxidation sites excluding steroid dienone is 2. The highest BCUT2D eigenvalue weighted by atomic mass is 16.3. The minimum atomic E-state index is -0.139. The van der Waals surface area contributed by atoms with E-state index in [9.17, 15) is 9.90 Å². The van der Waals surface area contributed by atoms with E-state index in [0.717, 1.165) is 49.2 Å². The Hall–Kier alpha value is -2.07. The summed E-state index contributed by atoms with van der Waals surface area (Å²) in [5.41, 5.74) is 5.13. The second kappa shape index (κ2) is 4.26. The fourth-order valence-corrected chi connectivity index (χ4v) is 5.50. The Morgan fingerprint density at radius 2 is 2.30 bits per heavy atom. The molecule has 3 heterocycles. The molecule has 0 amide bonds. The summed E-state index contributed by atoms with van der Waals surface area (Å²) in [6.45, 7) is 4.08. The van der Waals surface area contributed by atoms with Crippen molar-refractivity contribution in [1.82, 2.24) is 4.90 Å². The van der Waals surface area contributed by atoms with Crippen molar-refractivity contribution in [2.75, 3.05) is 18.4 Å². The van der Waals surface area contributed by atoms with E-state index in [1.165, 1.54) is 11.1 Å². The van der Waals surface area contributed by atoms with Crippen LogP contribution in [0.4, 0.5) is 5.69 Å². The zero-order chi connectivity index (χ0) is 15.8. The summed E-state index contributed by atoms with van der Waals surface area (Å²) in [6, 6.07) is 6.18. The highest BCUT2D eigenvalue weighted by Crippen LogP contribution is 2.61. The lowest BCUT2D eigenvalue weighted by Gasteiger charge is -2.48. The van der Waals surface area contributed by atoms with Crippen molar-refractivity contribution in [3.63, 3.8) is 0 Å². The van der Waals surface area contributed by atoms with Gasteiger partial charge in [0.05, 0.1) is 11.1 Å². The third kappa shape index (κ3) is 1.39. The van der Waals surface area contributed by atoms with Crippen LogP contribution in [0.5, 0.6) is 5.75 Å². The maximum absolute atomic E-state index is 12.0. The van der Waals surface area contributed by atoms with Gasteiger partial charge in [0.15, 0.2) is 0 Å². The summed E-state index contributed by atoms with van der Waals surface area (Å²) in [5.74, 6) is 0.507. The van der Waals surface area contributed by atoms with Gasteiger partial charge in [-0.2, -0.15) is 0 Å². The van der Waals surface area contributed by atoms with E-state index in [4.69, 9.17) is 0 Å². The summed E-state index contributed by atoms with van der Waals surface area (Å²) >= 11 is 0. The van der Waals surface area contributed by atoms with Crippen molar-refractivity contribution in [2.45, 2.75) is 31.2 Å². The summed E-state index contributed by atoms with van der Waals surface area (Å²) < 4.78 is 0. The van der Waals surface area contributed by atoms with Gasteiger partial charge in [0, 0.05) is 36.3 Å². The van der Waals surface area contributed by atoms with E-state index in [2.05, 4.69) is 29.3 Å². The monoisotopic (exact) mass is 308 g/mol. The molecule has 0 saturated carbocycles. The smallest absolute Gasteiger partial charge is 0.148 e. The summed E-state index contributed by atoms with van der Waals surface area (Å²) in [7, 11) is 0. The zero-order valence-electron chi connectivity index (χ0n) is 13.2. The molecular weight excluding hydrogens is 288 g/mol. The standard InChI is InChI=1S/C19H20N2O2/c1-2-11-9-21-7-6-19-14-4-3-5-15(23)17(14)20-18(19)13(10-22)12(11)8-16(19)21/h2-5,10,12,16,20,23H,6-9H2,1H3. The van der Waals surface area contributed by atoms with Gasteiger partial charge in [0.25, 0.3) is 0 Å². The lowest BCUT2D eigenvalue weighted by molar-refractivity contribution is -0.105. The maximum Gasteiger partial charge on any atom is 0.148 e. The molecule has 5 rings (SSSR count). The van der Waals surface area contributed by atoms with Crippen LogP contribution in [0, 0.1) is 5.92 Å².